The molecule has 0 spiro atoms. The van der Waals surface area contributed by atoms with Gasteiger partial charge in [0.1, 0.15) is 5.75 Å². The third kappa shape index (κ3) is 9.33. The minimum Gasteiger partial charge on any atom is -0.494 e. The van der Waals surface area contributed by atoms with E-state index >= 15 is 0 Å². The monoisotopic (exact) mass is 334 g/mol. The molecule has 134 valence electrons. The van der Waals surface area contributed by atoms with E-state index in [2.05, 4.69) is 6.92 Å². The average molecular weight is 334 g/mol. The van der Waals surface area contributed by atoms with Crippen LogP contribution in [-0.4, -0.2) is 23.5 Å². The molecule has 1 aromatic carbocycles. The summed E-state index contributed by atoms with van der Waals surface area (Å²) in [7, 11) is 0. The normalized spacial score (nSPS) is 10.5. The number of carbonyl (C=O) groups excluding carboxylic acids is 1. The molecule has 0 saturated heterocycles. The summed E-state index contributed by atoms with van der Waals surface area (Å²) in [6.45, 7) is 2.91. The zero-order valence-corrected chi connectivity index (χ0v) is 14.8. The molecule has 1 N–H and O–H groups in total. The Labute approximate surface area is 145 Å². The molecule has 0 saturated carbocycles. The number of ether oxygens (including phenoxy) is 1. The predicted octanol–water partition coefficient (Wildman–Crippen LogP) is 5.25. The van der Waals surface area contributed by atoms with Gasteiger partial charge in [-0.15, -0.1) is 0 Å². The summed E-state index contributed by atoms with van der Waals surface area (Å²) in [5, 5.41) is 8.56. The Hall–Kier alpha value is -1.84. The molecule has 0 heterocycles. The lowest BCUT2D eigenvalue weighted by molar-refractivity contribution is -0.137. The van der Waals surface area contributed by atoms with Crippen molar-refractivity contribution in [1.29, 1.82) is 0 Å². The Kier molecular flexibility index (Phi) is 10.6. The molecule has 4 heteroatoms. The van der Waals surface area contributed by atoms with Crippen LogP contribution in [0.3, 0.4) is 0 Å². The van der Waals surface area contributed by atoms with Gasteiger partial charge in [-0.05, 0) is 43.5 Å². The van der Waals surface area contributed by atoms with Crippen molar-refractivity contribution in [3.8, 4) is 5.75 Å². The van der Waals surface area contributed by atoms with Crippen molar-refractivity contribution in [3.05, 3.63) is 29.8 Å². The van der Waals surface area contributed by atoms with E-state index in [1.807, 2.05) is 24.3 Å². The molecule has 0 bridgehead atoms. The van der Waals surface area contributed by atoms with E-state index < -0.39 is 5.97 Å². The number of unbranched alkanes of at least 4 members (excludes halogenated alkanes) is 6. The first-order valence-electron chi connectivity index (χ1n) is 9.11. The lowest BCUT2D eigenvalue weighted by Crippen LogP contribution is -2.01. The molecule has 1 aromatic rings. The zero-order chi connectivity index (χ0) is 17.6. The van der Waals surface area contributed by atoms with E-state index in [0.29, 0.717) is 12.8 Å². The number of benzene rings is 1. The smallest absolute Gasteiger partial charge is 0.303 e. The molecule has 0 aliphatic heterocycles. The molecule has 24 heavy (non-hydrogen) atoms. The van der Waals surface area contributed by atoms with Crippen molar-refractivity contribution in [3.63, 3.8) is 0 Å². The Bertz CT molecular complexity index is 479. The summed E-state index contributed by atoms with van der Waals surface area (Å²) < 4.78 is 5.67. The van der Waals surface area contributed by atoms with Gasteiger partial charge in [0.15, 0.2) is 5.78 Å². The fraction of sp³-hybridized carbons (Fsp3) is 0.600. The largest absolute Gasteiger partial charge is 0.494 e. The van der Waals surface area contributed by atoms with Gasteiger partial charge >= 0.3 is 5.97 Å². The number of Topliss-reactive ketones (excluding diaryl/α,β-unsaturated/α-hetero) is 1. The summed E-state index contributed by atoms with van der Waals surface area (Å²) in [5.74, 6) is 0.207. The maximum atomic E-state index is 12.1. The number of hydrogen-bond donors (Lipinski definition) is 1. The summed E-state index contributed by atoms with van der Waals surface area (Å²) in [6, 6.07) is 7.38. The average Bonchev–Trinajstić information content (AvgIpc) is 2.58. The number of hydrogen-bond acceptors (Lipinski definition) is 3. The van der Waals surface area contributed by atoms with Crippen LogP contribution in [-0.2, 0) is 4.79 Å². The topological polar surface area (TPSA) is 63.6 Å². The second kappa shape index (κ2) is 12.6. The van der Waals surface area contributed by atoms with Crippen LogP contribution < -0.4 is 4.74 Å². The fourth-order valence-corrected chi connectivity index (χ4v) is 2.52. The molecule has 0 aliphatic carbocycles. The van der Waals surface area contributed by atoms with Crippen LogP contribution in [0.15, 0.2) is 24.3 Å². The van der Waals surface area contributed by atoms with Crippen LogP contribution in [0.5, 0.6) is 5.75 Å². The van der Waals surface area contributed by atoms with E-state index in [9.17, 15) is 9.59 Å². The second-order valence-electron chi connectivity index (χ2n) is 6.16. The lowest BCUT2D eigenvalue weighted by Gasteiger charge is -2.07. The highest BCUT2D eigenvalue weighted by atomic mass is 16.5. The maximum Gasteiger partial charge on any atom is 0.303 e. The molecule has 0 atom stereocenters. The highest BCUT2D eigenvalue weighted by Gasteiger charge is 2.06. The van der Waals surface area contributed by atoms with E-state index in [-0.39, 0.29) is 12.2 Å². The molecule has 0 aliphatic rings. The fourth-order valence-electron chi connectivity index (χ4n) is 2.52. The first-order valence-corrected chi connectivity index (χ1v) is 9.11. The highest BCUT2D eigenvalue weighted by Crippen LogP contribution is 2.16. The van der Waals surface area contributed by atoms with Crippen LogP contribution in [0.2, 0.25) is 0 Å². The van der Waals surface area contributed by atoms with Gasteiger partial charge in [-0.3, -0.25) is 9.59 Å². The Balaban J connectivity index is 2.19. The summed E-state index contributed by atoms with van der Waals surface area (Å²) in [4.78, 5) is 22.5. The van der Waals surface area contributed by atoms with Crippen molar-refractivity contribution in [2.75, 3.05) is 6.61 Å². The van der Waals surface area contributed by atoms with E-state index in [0.717, 1.165) is 43.6 Å². The van der Waals surface area contributed by atoms with Gasteiger partial charge in [-0.1, -0.05) is 39.0 Å². The third-order valence-corrected chi connectivity index (χ3v) is 3.99. The van der Waals surface area contributed by atoms with Gasteiger partial charge < -0.3 is 9.84 Å². The molecule has 0 unspecified atom stereocenters. The molecule has 4 nitrogen and oxygen atoms in total. The number of carboxylic acid groups (broad SMARTS) is 1. The van der Waals surface area contributed by atoms with Crippen LogP contribution in [0.1, 0.15) is 81.5 Å². The van der Waals surface area contributed by atoms with Gasteiger partial charge in [-0.2, -0.15) is 0 Å². The van der Waals surface area contributed by atoms with Gasteiger partial charge in [0.25, 0.3) is 0 Å². The second-order valence-corrected chi connectivity index (χ2v) is 6.16. The maximum absolute atomic E-state index is 12.1. The zero-order valence-electron chi connectivity index (χ0n) is 14.8. The van der Waals surface area contributed by atoms with E-state index in [1.165, 1.54) is 19.3 Å². The molecule has 0 aromatic heterocycles. The molecule has 1 rings (SSSR count). The van der Waals surface area contributed by atoms with E-state index in [4.69, 9.17) is 9.84 Å². The molecule has 0 amide bonds. The highest BCUT2D eigenvalue weighted by molar-refractivity contribution is 5.96. The standard InChI is InChI=1S/C20H30O4/c1-2-3-4-9-16-24-18-14-12-17(13-15-18)19(21)10-7-5-6-8-11-20(22)23/h12-15H,2-11,16H2,1H3,(H,22,23). The number of ketones is 1. The predicted molar refractivity (Wildman–Crippen MR) is 95.7 cm³/mol. The number of aliphatic carboxylic acids is 1. The van der Waals surface area contributed by atoms with E-state index in [1.54, 1.807) is 0 Å². The van der Waals surface area contributed by atoms with Gasteiger partial charge in [0.2, 0.25) is 0 Å². The third-order valence-electron chi connectivity index (χ3n) is 3.99. The summed E-state index contributed by atoms with van der Waals surface area (Å²) in [5.41, 5.74) is 0.721. The van der Waals surface area contributed by atoms with Crippen molar-refractivity contribution in [2.24, 2.45) is 0 Å². The minimum atomic E-state index is -0.751. The van der Waals surface area contributed by atoms with Gasteiger partial charge in [-0.25, -0.2) is 0 Å². The van der Waals surface area contributed by atoms with Crippen LogP contribution >= 0.6 is 0 Å². The Morgan fingerprint density at radius 1 is 0.875 bits per heavy atom. The number of carboxylic acids is 1. The van der Waals surface area contributed by atoms with Crippen LogP contribution in [0, 0.1) is 0 Å². The van der Waals surface area contributed by atoms with Gasteiger partial charge in [0, 0.05) is 18.4 Å². The molecule has 0 fully saturated rings. The molecular weight excluding hydrogens is 304 g/mol. The van der Waals surface area contributed by atoms with Crippen LogP contribution in [0.4, 0.5) is 0 Å². The lowest BCUT2D eigenvalue weighted by atomic mass is 10.0. The quantitative estimate of drug-likeness (QED) is 0.372. The number of rotatable bonds is 14. The molecule has 0 radical (unpaired) electrons. The van der Waals surface area contributed by atoms with Crippen molar-refractivity contribution in [1.82, 2.24) is 0 Å². The van der Waals surface area contributed by atoms with Crippen molar-refractivity contribution < 1.29 is 19.4 Å². The molecular formula is C20H30O4. The number of carbonyl (C=O) groups is 2. The SMILES string of the molecule is CCCCCCOc1ccc(C(=O)CCCCCCC(=O)O)cc1. The van der Waals surface area contributed by atoms with Gasteiger partial charge in [0.05, 0.1) is 6.61 Å². The summed E-state index contributed by atoms with van der Waals surface area (Å²) in [6.07, 6.45) is 8.72. The minimum absolute atomic E-state index is 0.141. The first-order chi connectivity index (χ1) is 11.6. The van der Waals surface area contributed by atoms with Crippen molar-refractivity contribution >= 4 is 11.8 Å². The van der Waals surface area contributed by atoms with Crippen molar-refractivity contribution in [2.45, 2.75) is 71.1 Å². The first kappa shape index (κ1) is 20.2. The van der Waals surface area contributed by atoms with Crippen LogP contribution in [0.25, 0.3) is 0 Å². The summed E-state index contributed by atoms with van der Waals surface area (Å²) >= 11 is 0. The Morgan fingerprint density at radius 3 is 2.12 bits per heavy atom. The Morgan fingerprint density at radius 2 is 1.50 bits per heavy atom.